The van der Waals surface area contributed by atoms with Crippen LogP contribution in [0.4, 0.5) is 0 Å². The maximum atomic E-state index is 11.8. The summed E-state index contributed by atoms with van der Waals surface area (Å²) in [7, 11) is 0. The fraction of sp³-hybridized carbons (Fsp3) is 0.941. The molecule has 3 nitrogen and oxygen atoms in total. The number of rotatable bonds is 12. The maximum absolute atomic E-state index is 11.8. The second kappa shape index (κ2) is 11.1. The smallest absolute Gasteiger partial charge is 0.221 e. The molecule has 0 aliphatic heterocycles. The molecule has 20 heavy (non-hydrogen) atoms. The van der Waals surface area contributed by atoms with E-state index in [1.165, 1.54) is 44.9 Å². The Kier molecular flexibility index (Phi) is 10.8. The number of hydrogen-bond acceptors (Lipinski definition) is 2. The average molecular weight is 284 g/mol. The average Bonchev–Trinajstić information content (AvgIpc) is 2.36. The monoisotopic (exact) mass is 284 g/mol. The standard InChI is InChI=1S/C17H36N2O/c1-5-6-7-8-9-10-11-12-13-14-16(20)19-17(4,18)15(2)3/h15H,5-14,18H2,1-4H3,(H,19,20). The molecule has 0 bridgehead atoms. The third-order valence-electron chi connectivity index (χ3n) is 4.12. The molecule has 0 aliphatic rings. The van der Waals surface area contributed by atoms with Crippen LogP contribution >= 0.6 is 0 Å². The largest absolute Gasteiger partial charge is 0.338 e. The molecule has 0 saturated carbocycles. The Morgan fingerprint density at radius 3 is 1.90 bits per heavy atom. The van der Waals surface area contributed by atoms with Crippen molar-refractivity contribution in [2.75, 3.05) is 0 Å². The third-order valence-corrected chi connectivity index (χ3v) is 4.12. The Bertz CT molecular complexity index is 249. The van der Waals surface area contributed by atoms with Crippen molar-refractivity contribution in [3.63, 3.8) is 0 Å². The van der Waals surface area contributed by atoms with Gasteiger partial charge in [-0.3, -0.25) is 4.79 Å². The minimum absolute atomic E-state index is 0.0895. The number of carbonyl (C=O) groups is 1. The van der Waals surface area contributed by atoms with Crippen molar-refractivity contribution in [3.05, 3.63) is 0 Å². The highest BCUT2D eigenvalue weighted by atomic mass is 16.1. The van der Waals surface area contributed by atoms with Gasteiger partial charge in [0.1, 0.15) is 0 Å². The molecule has 0 aromatic rings. The maximum Gasteiger partial charge on any atom is 0.221 e. The van der Waals surface area contributed by atoms with Crippen LogP contribution in [0.15, 0.2) is 0 Å². The number of carbonyl (C=O) groups excluding carboxylic acids is 1. The van der Waals surface area contributed by atoms with Gasteiger partial charge in [0.15, 0.2) is 0 Å². The molecular formula is C17H36N2O. The normalized spacial score (nSPS) is 14.3. The highest BCUT2D eigenvalue weighted by Gasteiger charge is 2.24. The summed E-state index contributed by atoms with van der Waals surface area (Å²) in [5.41, 5.74) is 5.45. The van der Waals surface area contributed by atoms with Gasteiger partial charge in [-0.15, -0.1) is 0 Å². The molecule has 0 heterocycles. The first kappa shape index (κ1) is 19.4. The van der Waals surface area contributed by atoms with Gasteiger partial charge in [0.2, 0.25) is 5.91 Å². The van der Waals surface area contributed by atoms with Crippen LogP contribution in [0, 0.1) is 5.92 Å². The van der Waals surface area contributed by atoms with Crippen LogP contribution in [0.1, 0.15) is 91.9 Å². The van der Waals surface area contributed by atoms with Crippen molar-refractivity contribution in [1.29, 1.82) is 0 Å². The zero-order chi connectivity index (χ0) is 15.4. The Labute approximate surface area is 126 Å². The van der Waals surface area contributed by atoms with E-state index in [0.717, 1.165) is 12.8 Å². The minimum Gasteiger partial charge on any atom is -0.338 e. The zero-order valence-electron chi connectivity index (χ0n) is 14.1. The predicted octanol–water partition coefficient (Wildman–Crippen LogP) is 4.35. The molecule has 1 amide bonds. The highest BCUT2D eigenvalue weighted by molar-refractivity contribution is 5.76. The first-order valence-corrected chi connectivity index (χ1v) is 8.50. The van der Waals surface area contributed by atoms with Crippen molar-refractivity contribution < 1.29 is 4.79 Å². The van der Waals surface area contributed by atoms with Gasteiger partial charge in [0.25, 0.3) is 0 Å². The molecule has 1 unspecified atom stereocenters. The van der Waals surface area contributed by atoms with Gasteiger partial charge >= 0.3 is 0 Å². The lowest BCUT2D eigenvalue weighted by atomic mass is 9.99. The van der Waals surface area contributed by atoms with E-state index in [9.17, 15) is 4.79 Å². The molecule has 0 rings (SSSR count). The molecule has 0 spiro atoms. The lowest BCUT2D eigenvalue weighted by molar-refractivity contribution is -0.123. The van der Waals surface area contributed by atoms with Gasteiger partial charge in [-0.2, -0.15) is 0 Å². The van der Waals surface area contributed by atoms with E-state index < -0.39 is 5.66 Å². The third kappa shape index (κ3) is 10.2. The Hall–Kier alpha value is -0.570. The van der Waals surface area contributed by atoms with Crippen LogP contribution < -0.4 is 11.1 Å². The molecule has 0 radical (unpaired) electrons. The van der Waals surface area contributed by atoms with E-state index in [-0.39, 0.29) is 11.8 Å². The van der Waals surface area contributed by atoms with Gasteiger partial charge < -0.3 is 11.1 Å². The number of nitrogens with two attached hydrogens (primary N) is 1. The summed E-state index contributed by atoms with van der Waals surface area (Å²) in [4.78, 5) is 11.8. The number of nitrogens with one attached hydrogen (secondary N) is 1. The van der Waals surface area contributed by atoms with E-state index in [1.54, 1.807) is 0 Å². The highest BCUT2D eigenvalue weighted by Crippen LogP contribution is 2.12. The molecular weight excluding hydrogens is 248 g/mol. The zero-order valence-corrected chi connectivity index (χ0v) is 14.1. The van der Waals surface area contributed by atoms with E-state index >= 15 is 0 Å². The second-order valence-electron chi connectivity index (χ2n) is 6.56. The Balaban J connectivity index is 3.45. The van der Waals surface area contributed by atoms with Crippen LogP contribution in [0.25, 0.3) is 0 Å². The van der Waals surface area contributed by atoms with Crippen molar-refractivity contribution in [2.45, 2.75) is 97.6 Å². The predicted molar refractivity (Wildman–Crippen MR) is 87.4 cm³/mol. The van der Waals surface area contributed by atoms with Crippen molar-refractivity contribution in [1.82, 2.24) is 5.32 Å². The fourth-order valence-corrected chi connectivity index (χ4v) is 2.10. The lowest BCUT2D eigenvalue weighted by Gasteiger charge is -2.30. The summed E-state index contributed by atoms with van der Waals surface area (Å²) >= 11 is 0. The van der Waals surface area contributed by atoms with Crippen LogP contribution in [0.3, 0.4) is 0 Å². The topological polar surface area (TPSA) is 55.1 Å². The van der Waals surface area contributed by atoms with Crippen LogP contribution in [0.5, 0.6) is 0 Å². The number of hydrogen-bond donors (Lipinski definition) is 2. The molecule has 0 aliphatic carbocycles. The SMILES string of the molecule is CCCCCCCCCCCC(=O)NC(C)(N)C(C)C. The van der Waals surface area contributed by atoms with Crippen LogP contribution in [0.2, 0.25) is 0 Å². The summed E-state index contributed by atoms with van der Waals surface area (Å²) in [5, 5.41) is 2.92. The van der Waals surface area contributed by atoms with E-state index in [2.05, 4.69) is 12.2 Å². The summed E-state index contributed by atoms with van der Waals surface area (Å²) < 4.78 is 0. The van der Waals surface area contributed by atoms with Crippen molar-refractivity contribution in [2.24, 2.45) is 11.7 Å². The van der Waals surface area contributed by atoms with Gasteiger partial charge in [0.05, 0.1) is 5.66 Å². The summed E-state index contributed by atoms with van der Waals surface area (Å²) in [5.74, 6) is 0.334. The molecule has 120 valence electrons. The van der Waals surface area contributed by atoms with E-state index in [1.807, 2.05) is 20.8 Å². The van der Waals surface area contributed by atoms with Gasteiger partial charge in [-0.25, -0.2) is 0 Å². The van der Waals surface area contributed by atoms with Crippen LogP contribution in [-0.2, 0) is 4.79 Å². The Morgan fingerprint density at radius 1 is 1.00 bits per heavy atom. The van der Waals surface area contributed by atoms with Gasteiger partial charge in [0, 0.05) is 6.42 Å². The minimum atomic E-state index is -0.587. The molecule has 0 aromatic heterocycles. The Morgan fingerprint density at radius 2 is 1.45 bits per heavy atom. The van der Waals surface area contributed by atoms with Crippen LogP contribution in [-0.4, -0.2) is 11.6 Å². The number of amides is 1. The fourth-order valence-electron chi connectivity index (χ4n) is 2.10. The molecule has 0 saturated heterocycles. The molecule has 0 aromatic carbocycles. The first-order chi connectivity index (χ1) is 9.40. The quantitative estimate of drug-likeness (QED) is 0.413. The van der Waals surface area contributed by atoms with Gasteiger partial charge in [-0.05, 0) is 19.3 Å². The molecule has 1 atom stereocenters. The molecule has 3 heteroatoms. The van der Waals surface area contributed by atoms with Crippen molar-refractivity contribution in [3.8, 4) is 0 Å². The molecule has 0 fully saturated rings. The van der Waals surface area contributed by atoms with E-state index in [4.69, 9.17) is 5.73 Å². The van der Waals surface area contributed by atoms with Gasteiger partial charge in [-0.1, -0.05) is 72.1 Å². The lowest BCUT2D eigenvalue weighted by Crippen LogP contribution is -2.57. The number of unbranched alkanes of at least 4 members (excludes halogenated alkanes) is 8. The summed E-state index contributed by atoms with van der Waals surface area (Å²) in [6.45, 7) is 8.18. The van der Waals surface area contributed by atoms with Crippen molar-refractivity contribution >= 4 is 5.91 Å². The second-order valence-corrected chi connectivity index (χ2v) is 6.56. The summed E-state index contributed by atoms with van der Waals surface area (Å²) in [6.07, 6.45) is 12.1. The first-order valence-electron chi connectivity index (χ1n) is 8.50. The van der Waals surface area contributed by atoms with E-state index in [0.29, 0.717) is 6.42 Å². The molecule has 3 N–H and O–H groups in total. The summed E-state index contributed by atoms with van der Waals surface area (Å²) in [6, 6.07) is 0.